The predicted octanol–water partition coefficient (Wildman–Crippen LogP) is 1.91. The van der Waals surface area contributed by atoms with Gasteiger partial charge in [-0.25, -0.2) is 0 Å². The van der Waals surface area contributed by atoms with Crippen LogP contribution in [0.2, 0.25) is 0 Å². The van der Waals surface area contributed by atoms with Crippen molar-refractivity contribution in [2.75, 3.05) is 31.1 Å². The molecule has 2 aliphatic rings. The molecule has 0 bridgehead atoms. The van der Waals surface area contributed by atoms with Crippen molar-refractivity contribution in [3.63, 3.8) is 0 Å². The van der Waals surface area contributed by atoms with E-state index in [4.69, 9.17) is 0 Å². The van der Waals surface area contributed by atoms with Crippen LogP contribution in [0.5, 0.6) is 0 Å². The number of piperazine rings is 1. The number of carbonyl (C=O) groups is 1. The molecule has 1 atom stereocenters. The fourth-order valence-electron chi connectivity index (χ4n) is 3.70. The number of hydrogen-bond donors (Lipinski definition) is 2. The Morgan fingerprint density at radius 1 is 1.26 bits per heavy atom. The Morgan fingerprint density at radius 3 is 2.65 bits per heavy atom. The van der Waals surface area contributed by atoms with E-state index in [1.54, 1.807) is 0 Å². The zero-order valence-corrected chi connectivity index (χ0v) is 14.1. The van der Waals surface area contributed by atoms with Gasteiger partial charge in [0.1, 0.15) is 6.04 Å². The number of aliphatic carboxylic acids is 1. The lowest BCUT2D eigenvalue weighted by Crippen LogP contribution is -2.44. The first-order chi connectivity index (χ1) is 11.1. The Hall–Kier alpha value is -1.59. The van der Waals surface area contributed by atoms with Crippen LogP contribution in [0.4, 0.5) is 5.69 Å². The summed E-state index contributed by atoms with van der Waals surface area (Å²) in [4.78, 5) is 16.3. The van der Waals surface area contributed by atoms with Gasteiger partial charge in [-0.15, -0.1) is 0 Å². The van der Waals surface area contributed by atoms with Crippen LogP contribution in [-0.2, 0) is 17.9 Å². The van der Waals surface area contributed by atoms with Gasteiger partial charge in [-0.1, -0.05) is 26.0 Å². The smallest absolute Gasteiger partial charge is 0.320 e. The van der Waals surface area contributed by atoms with Gasteiger partial charge >= 0.3 is 5.97 Å². The van der Waals surface area contributed by atoms with Crippen molar-refractivity contribution in [3.05, 3.63) is 29.3 Å². The van der Waals surface area contributed by atoms with Crippen molar-refractivity contribution in [1.29, 1.82) is 0 Å². The summed E-state index contributed by atoms with van der Waals surface area (Å²) in [5, 5.41) is 13.0. The summed E-state index contributed by atoms with van der Waals surface area (Å²) in [5.74, 6) is -0.317. The number of benzene rings is 1. The van der Waals surface area contributed by atoms with Crippen molar-refractivity contribution in [3.8, 4) is 0 Å². The molecule has 0 saturated carbocycles. The zero-order valence-electron chi connectivity index (χ0n) is 14.1. The average Bonchev–Trinajstić information content (AvgIpc) is 2.96. The first-order valence-corrected chi connectivity index (χ1v) is 8.59. The predicted molar refractivity (Wildman–Crippen MR) is 91.7 cm³/mol. The molecule has 2 N–H and O–H groups in total. The summed E-state index contributed by atoms with van der Waals surface area (Å²) in [6, 6.07) is 6.05. The second-order valence-corrected chi connectivity index (χ2v) is 7.04. The van der Waals surface area contributed by atoms with Crippen LogP contribution in [0.3, 0.4) is 0 Å². The molecule has 126 valence electrons. The van der Waals surface area contributed by atoms with E-state index in [0.29, 0.717) is 12.3 Å². The summed E-state index contributed by atoms with van der Waals surface area (Å²) >= 11 is 0. The SMILES string of the molecule is CC(C)CC(C(=O)O)N1Cc2cccc(N3CCNCC3)c2C1. The number of fused-ring (bicyclic) bond motifs is 1. The summed E-state index contributed by atoms with van der Waals surface area (Å²) < 4.78 is 0. The fraction of sp³-hybridized carbons (Fsp3) is 0.611. The first-order valence-electron chi connectivity index (χ1n) is 8.59. The minimum absolute atomic E-state index is 0.382. The van der Waals surface area contributed by atoms with Crippen LogP contribution in [0.25, 0.3) is 0 Å². The molecule has 3 rings (SSSR count). The quantitative estimate of drug-likeness (QED) is 0.869. The van der Waals surface area contributed by atoms with Crippen molar-refractivity contribution in [1.82, 2.24) is 10.2 Å². The lowest BCUT2D eigenvalue weighted by Gasteiger charge is -2.31. The van der Waals surface area contributed by atoms with Crippen molar-refractivity contribution < 1.29 is 9.90 Å². The largest absolute Gasteiger partial charge is 0.480 e. The van der Waals surface area contributed by atoms with E-state index in [1.807, 2.05) is 0 Å². The molecule has 2 heterocycles. The molecule has 0 aromatic heterocycles. The number of nitrogens with one attached hydrogen (secondary N) is 1. The maximum Gasteiger partial charge on any atom is 0.320 e. The van der Waals surface area contributed by atoms with Crippen LogP contribution >= 0.6 is 0 Å². The number of carboxylic acids is 1. The number of carboxylic acid groups (broad SMARTS) is 1. The Bertz CT molecular complexity index is 567. The number of nitrogens with zero attached hydrogens (tertiary/aromatic N) is 2. The molecule has 1 unspecified atom stereocenters. The maximum atomic E-state index is 11.7. The molecular formula is C18H27N3O2. The topological polar surface area (TPSA) is 55.8 Å². The van der Waals surface area contributed by atoms with Gasteiger partial charge in [-0.3, -0.25) is 9.69 Å². The molecule has 5 heteroatoms. The third kappa shape index (κ3) is 3.51. The number of hydrogen-bond acceptors (Lipinski definition) is 4. The third-order valence-corrected chi connectivity index (χ3v) is 4.86. The molecule has 1 aromatic rings. The van der Waals surface area contributed by atoms with E-state index >= 15 is 0 Å². The van der Waals surface area contributed by atoms with Gasteiger partial charge in [0.2, 0.25) is 0 Å². The third-order valence-electron chi connectivity index (χ3n) is 4.86. The van der Waals surface area contributed by atoms with Gasteiger partial charge in [-0.05, 0) is 29.5 Å². The standard InChI is InChI=1S/C18H27N3O2/c1-13(2)10-17(18(22)23)21-11-14-4-3-5-16(15(14)12-21)20-8-6-19-7-9-20/h3-5,13,17,19H,6-12H2,1-2H3,(H,22,23). The highest BCUT2D eigenvalue weighted by Crippen LogP contribution is 2.34. The van der Waals surface area contributed by atoms with Gasteiger partial charge < -0.3 is 15.3 Å². The van der Waals surface area contributed by atoms with Gasteiger partial charge in [-0.2, -0.15) is 0 Å². The zero-order chi connectivity index (χ0) is 16.4. The van der Waals surface area contributed by atoms with Crippen LogP contribution < -0.4 is 10.2 Å². The lowest BCUT2D eigenvalue weighted by atomic mass is 10.0. The summed E-state index contributed by atoms with van der Waals surface area (Å²) in [6.45, 7) is 9.74. The van der Waals surface area contributed by atoms with Gasteiger partial charge in [0.15, 0.2) is 0 Å². The summed E-state index contributed by atoms with van der Waals surface area (Å²) in [6.07, 6.45) is 0.701. The molecule has 0 aliphatic carbocycles. The van der Waals surface area contributed by atoms with E-state index in [9.17, 15) is 9.90 Å². The Labute approximate surface area is 138 Å². The van der Waals surface area contributed by atoms with Crippen LogP contribution in [0.1, 0.15) is 31.4 Å². The molecule has 5 nitrogen and oxygen atoms in total. The van der Waals surface area contributed by atoms with Crippen molar-refractivity contribution in [2.45, 2.75) is 39.4 Å². The minimum Gasteiger partial charge on any atom is -0.480 e. The monoisotopic (exact) mass is 317 g/mol. The van der Waals surface area contributed by atoms with E-state index < -0.39 is 12.0 Å². The van der Waals surface area contributed by atoms with Gasteiger partial charge in [0.25, 0.3) is 0 Å². The van der Waals surface area contributed by atoms with Gasteiger partial charge in [0, 0.05) is 45.0 Å². The highest BCUT2D eigenvalue weighted by atomic mass is 16.4. The van der Waals surface area contributed by atoms with Gasteiger partial charge in [0.05, 0.1) is 0 Å². The molecule has 1 saturated heterocycles. The minimum atomic E-state index is -0.699. The number of rotatable bonds is 5. The molecular weight excluding hydrogens is 290 g/mol. The van der Waals surface area contributed by atoms with E-state index in [2.05, 4.69) is 47.2 Å². The van der Waals surface area contributed by atoms with E-state index in [0.717, 1.165) is 39.3 Å². The maximum absolute atomic E-state index is 11.7. The molecule has 1 aromatic carbocycles. The number of anilines is 1. The molecule has 0 radical (unpaired) electrons. The normalized spacial score (nSPS) is 19.9. The highest BCUT2D eigenvalue weighted by molar-refractivity contribution is 5.74. The average molecular weight is 317 g/mol. The lowest BCUT2D eigenvalue weighted by molar-refractivity contribution is -0.144. The molecule has 2 aliphatic heterocycles. The highest BCUT2D eigenvalue weighted by Gasteiger charge is 2.33. The summed E-state index contributed by atoms with van der Waals surface area (Å²) in [7, 11) is 0. The second-order valence-electron chi connectivity index (χ2n) is 7.04. The van der Waals surface area contributed by atoms with E-state index in [1.165, 1.54) is 16.8 Å². The molecule has 23 heavy (non-hydrogen) atoms. The van der Waals surface area contributed by atoms with Crippen LogP contribution in [0, 0.1) is 5.92 Å². The fourth-order valence-corrected chi connectivity index (χ4v) is 3.70. The van der Waals surface area contributed by atoms with E-state index in [-0.39, 0.29) is 0 Å². The molecule has 1 fully saturated rings. The van der Waals surface area contributed by atoms with Crippen molar-refractivity contribution in [2.24, 2.45) is 5.92 Å². The van der Waals surface area contributed by atoms with Crippen LogP contribution in [-0.4, -0.2) is 48.2 Å². The first kappa shape index (κ1) is 16.3. The van der Waals surface area contributed by atoms with Crippen LogP contribution in [0.15, 0.2) is 18.2 Å². The Kier molecular flexibility index (Phi) is 4.87. The molecule has 0 spiro atoms. The second kappa shape index (κ2) is 6.89. The Morgan fingerprint density at radius 2 is 2.00 bits per heavy atom. The summed E-state index contributed by atoms with van der Waals surface area (Å²) in [5.41, 5.74) is 3.90. The Balaban J connectivity index is 1.81. The van der Waals surface area contributed by atoms with Crippen molar-refractivity contribution >= 4 is 11.7 Å². The molecule has 0 amide bonds.